The number of hydrogen-bond acceptors (Lipinski definition) is 3. The molecule has 2 aliphatic rings. The topological polar surface area (TPSA) is 35.9 Å². The molecule has 282 valence electrons. The molecular weight excluding hydrogens is 741 g/mol. The van der Waals surface area contributed by atoms with Crippen molar-refractivity contribution in [2.24, 2.45) is 7.05 Å². The van der Waals surface area contributed by atoms with Crippen molar-refractivity contribution < 1.29 is 9.30 Å². The van der Waals surface area contributed by atoms with Crippen LogP contribution in [0.5, 0.6) is 11.5 Å². The predicted octanol–water partition coefficient (Wildman–Crippen LogP) is 12.5. The molecule has 2 aliphatic heterocycles. The van der Waals surface area contributed by atoms with E-state index in [9.17, 15) is 0 Å². The summed E-state index contributed by atoms with van der Waals surface area (Å²) in [5.41, 5.74) is 13.8. The Balaban J connectivity index is 1.11. The fourth-order valence-corrected chi connectivity index (χ4v) is 11.1. The highest BCUT2D eigenvalue weighted by molar-refractivity contribution is 7.99. The Morgan fingerprint density at radius 2 is 1.44 bits per heavy atom. The van der Waals surface area contributed by atoms with Gasteiger partial charge in [0.05, 0.1) is 40.2 Å². The lowest BCUT2D eigenvalue weighted by Crippen LogP contribution is -2.39. The van der Waals surface area contributed by atoms with E-state index in [0.29, 0.717) is 5.92 Å². The van der Waals surface area contributed by atoms with E-state index in [1.54, 1.807) is 0 Å². The second-order valence-corrected chi connectivity index (χ2v) is 17.1. The van der Waals surface area contributed by atoms with Crippen molar-refractivity contribution in [3.05, 3.63) is 204 Å². The Hall–Kier alpha value is -6.89. The fourth-order valence-electron chi connectivity index (χ4n) is 9.92. The minimum Gasteiger partial charge on any atom is -0.458 e. The Labute approximate surface area is 346 Å². The van der Waals surface area contributed by atoms with Gasteiger partial charge in [0.2, 0.25) is 6.33 Å². The van der Waals surface area contributed by atoms with Gasteiger partial charge in [-0.05, 0) is 106 Å². The lowest BCUT2D eigenvalue weighted by molar-refractivity contribution is -0.649. The molecule has 0 fully saturated rings. The van der Waals surface area contributed by atoms with Gasteiger partial charge in [-0.3, -0.25) is 4.57 Å². The summed E-state index contributed by atoms with van der Waals surface area (Å²) in [6.45, 7) is 4.65. The highest BCUT2D eigenvalue weighted by atomic mass is 32.2. The van der Waals surface area contributed by atoms with Crippen LogP contribution < -0.4 is 9.30 Å². The molecular formula is C53H38N4OS. The normalized spacial score (nSPS) is 15.2. The Morgan fingerprint density at radius 1 is 0.644 bits per heavy atom. The van der Waals surface area contributed by atoms with Crippen molar-refractivity contribution in [1.82, 2.24) is 14.1 Å². The summed E-state index contributed by atoms with van der Waals surface area (Å²) in [5.74, 6) is 2.70. The fraction of sp³-hybridized carbons (Fsp3) is 0.0943. The first-order valence-electron chi connectivity index (χ1n) is 20.2. The molecule has 0 aliphatic carbocycles. The predicted molar refractivity (Wildman–Crippen MR) is 237 cm³/mol. The minimum absolute atomic E-state index is 0.305. The van der Waals surface area contributed by atoms with Gasteiger partial charge in [-0.25, -0.2) is 4.98 Å². The highest BCUT2D eigenvalue weighted by Gasteiger charge is 2.50. The van der Waals surface area contributed by atoms with Crippen molar-refractivity contribution in [3.63, 3.8) is 0 Å². The zero-order valence-electron chi connectivity index (χ0n) is 32.8. The molecule has 10 aromatic rings. The van der Waals surface area contributed by atoms with Crippen molar-refractivity contribution in [3.8, 4) is 34.1 Å². The zero-order valence-corrected chi connectivity index (χ0v) is 33.7. The van der Waals surface area contributed by atoms with Crippen molar-refractivity contribution >= 4 is 44.6 Å². The third kappa shape index (κ3) is 4.87. The summed E-state index contributed by atoms with van der Waals surface area (Å²) < 4.78 is 13.5. The molecule has 0 saturated carbocycles. The number of fused-ring (bicyclic) bond motifs is 11. The van der Waals surface area contributed by atoms with Gasteiger partial charge in [0, 0.05) is 32.8 Å². The number of rotatable bonds is 5. The Bertz CT molecular complexity index is 3330. The summed E-state index contributed by atoms with van der Waals surface area (Å²) >= 11 is 1.89. The Kier molecular flexibility index (Phi) is 7.42. The van der Waals surface area contributed by atoms with E-state index < -0.39 is 5.41 Å². The molecule has 0 radical (unpaired) electrons. The van der Waals surface area contributed by atoms with Gasteiger partial charge in [0.1, 0.15) is 17.3 Å². The molecule has 0 bridgehead atoms. The number of aromatic nitrogens is 4. The smallest absolute Gasteiger partial charge is 0.244 e. The van der Waals surface area contributed by atoms with Crippen LogP contribution in [0.15, 0.2) is 180 Å². The maximum Gasteiger partial charge on any atom is 0.244 e. The summed E-state index contributed by atoms with van der Waals surface area (Å²) in [6, 6.07) is 59.2. The van der Waals surface area contributed by atoms with E-state index >= 15 is 0 Å². The third-order valence-corrected chi connectivity index (χ3v) is 13.5. The van der Waals surface area contributed by atoms with E-state index in [2.05, 4.69) is 193 Å². The van der Waals surface area contributed by atoms with Gasteiger partial charge >= 0.3 is 0 Å². The lowest BCUT2D eigenvalue weighted by atomic mass is 9.61. The van der Waals surface area contributed by atoms with Crippen LogP contribution in [0.3, 0.4) is 0 Å². The molecule has 1 unspecified atom stereocenters. The third-order valence-electron chi connectivity index (χ3n) is 12.4. The van der Waals surface area contributed by atoms with Crippen LogP contribution in [-0.4, -0.2) is 14.1 Å². The minimum atomic E-state index is -0.618. The first kappa shape index (κ1) is 34.2. The number of para-hydroxylation sites is 2. The molecule has 0 N–H and O–H groups in total. The van der Waals surface area contributed by atoms with Crippen molar-refractivity contribution in [1.29, 1.82) is 0 Å². The molecule has 0 amide bonds. The maximum atomic E-state index is 6.91. The van der Waals surface area contributed by atoms with Crippen LogP contribution in [0.25, 0.3) is 55.5 Å². The lowest BCUT2D eigenvalue weighted by Gasteiger charge is -2.47. The highest BCUT2D eigenvalue weighted by Crippen LogP contribution is 2.61. The van der Waals surface area contributed by atoms with Gasteiger partial charge in [0.25, 0.3) is 0 Å². The quantitative estimate of drug-likeness (QED) is 0.129. The van der Waals surface area contributed by atoms with Crippen molar-refractivity contribution in [2.75, 3.05) is 0 Å². The molecule has 3 aromatic heterocycles. The van der Waals surface area contributed by atoms with E-state index in [4.69, 9.17) is 9.72 Å². The van der Waals surface area contributed by atoms with E-state index in [-0.39, 0.29) is 0 Å². The van der Waals surface area contributed by atoms with Gasteiger partial charge < -0.3 is 13.9 Å². The van der Waals surface area contributed by atoms with Crippen LogP contribution in [0.1, 0.15) is 47.6 Å². The number of benzene rings is 7. The zero-order chi connectivity index (χ0) is 39.4. The second-order valence-electron chi connectivity index (χ2n) is 16.0. The number of ether oxygens (including phenoxy) is 1. The van der Waals surface area contributed by atoms with E-state index in [0.717, 1.165) is 50.5 Å². The largest absolute Gasteiger partial charge is 0.458 e. The Morgan fingerprint density at radius 3 is 2.31 bits per heavy atom. The van der Waals surface area contributed by atoms with Crippen LogP contribution >= 0.6 is 11.8 Å². The number of imidazole rings is 1. The van der Waals surface area contributed by atoms with E-state index in [1.165, 1.54) is 54.1 Å². The number of aryl methyl sites for hydroxylation is 1. The van der Waals surface area contributed by atoms with Gasteiger partial charge in [-0.15, -0.1) is 0 Å². The van der Waals surface area contributed by atoms with Crippen molar-refractivity contribution in [2.45, 2.75) is 35.0 Å². The first-order chi connectivity index (χ1) is 29.0. The molecule has 5 nitrogen and oxygen atoms in total. The van der Waals surface area contributed by atoms with Crippen LogP contribution in [0, 0.1) is 6.33 Å². The monoisotopic (exact) mass is 778 g/mol. The van der Waals surface area contributed by atoms with Gasteiger partial charge in [-0.2, -0.15) is 0 Å². The first-order valence-corrected chi connectivity index (χ1v) is 21.0. The molecule has 12 rings (SSSR count). The van der Waals surface area contributed by atoms with Crippen LogP contribution in [-0.2, 0) is 12.5 Å². The maximum absolute atomic E-state index is 6.91. The van der Waals surface area contributed by atoms with Gasteiger partial charge in [0.15, 0.2) is 0 Å². The average molecular weight is 779 g/mol. The SMILES string of the molecule is CC(C)c1cccc2c1C1(c3cc(-c4ccccc4)ccc3S2)c2ccc(Oc3ccc4c5ccccc5n(-c5ccccn5)c4c3)cc2-n2[c-][n+](C)c3cccc1c32. The number of pyridine rings is 1. The molecule has 1 spiro atoms. The van der Waals surface area contributed by atoms with E-state index in [1.807, 2.05) is 30.1 Å². The van der Waals surface area contributed by atoms with Gasteiger partial charge in [-0.1, -0.05) is 123 Å². The number of nitrogens with zero attached hydrogens (tertiary/aromatic N) is 4. The summed E-state index contributed by atoms with van der Waals surface area (Å²) in [6.07, 6.45) is 5.56. The summed E-state index contributed by atoms with van der Waals surface area (Å²) in [7, 11) is 2.10. The standard InChI is InChI=1S/C53H38N4OS/c1-33(2)38-16-11-20-49-51(38)53(43-29-35(22-27-48(43)59-49)34-13-5-4-6-14-34)41-26-24-37(31-47(41)56-32-55(3)45-19-12-17-42(53)52(45)56)58-36-23-25-40-39-15-7-8-18-44(39)57(46(40)30-36)50-21-9-10-28-54-50/h4-31,33H,1-3H3. The number of hydrogen-bond donors (Lipinski definition) is 0. The second kappa shape index (κ2) is 12.8. The average Bonchev–Trinajstić information content (AvgIpc) is 3.80. The summed E-state index contributed by atoms with van der Waals surface area (Å²) in [4.78, 5) is 7.31. The molecule has 5 heterocycles. The summed E-state index contributed by atoms with van der Waals surface area (Å²) in [5, 5.41) is 2.34. The van der Waals surface area contributed by atoms with Crippen LogP contribution in [0.4, 0.5) is 0 Å². The molecule has 6 heteroatoms. The molecule has 59 heavy (non-hydrogen) atoms. The molecule has 7 aromatic carbocycles. The molecule has 1 atom stereocenters. The van der Waals surface area contributed by atoms with Crippen LogP contribution in [0.2, 0.25) is 0 Å². The molecule has 0 saturated heterocycles.